The van der Waals surface area contributed by atoms with E-state index < -0.39 is 28.8 Å². The molecule has 0 saturated carbocycles. The Hall–Kier alpha value is -0.640. The van der Waals surface area contributed by atoms with Crippen LogP contribution in [0.15, 0.2) is 28.7 Å². The summed E-state index contributed by atoms with van der Waals surface area (Å²) in [5.41, 5.74) is 1.11. The highest BCUT2D eigenvalue weighted by molar-refractivity contribution is 9.10. The van der Waals surface area contributed by atoms with Crippen molar-refractivity contribution in [1.82, 2.24) is 9.21 Å². The normalized spacial score (nSPS) is 18.2. The second kappa shape index (κ2) is 7.72. The van der Waals surface area contributed by atoms with Gasteiger partial charge in [0.25, 0.3) is 0 Å². The number of benzene rings is 1. The second-order valence-electron chi connectivity index (χ2n) is 6.06. The molecule has 4 nitrogen and oxygen atoms in total. The summed E-state index contributed by atoms with van der Waals surface area (Å²) in [6, 6.07) is 7.25. The number of hydrogen-bond acceptors (Lipinski definition) is 3. The summed E-state index contributed by atoms with van der Waals surface area (Å²) in [6.07, 6.45) is -2.89. The predicted molar refractivity (Wildman–Crippen MR) is 90.0 cm³/mol. The molecule has 9 heteroatoms. The summed E-state index contributed by atoms with van der Waals surface area (Å²) < 4.78 is 63.0. The summed E-state index contributed by atoms with van der Waals surface area (Å²) in [7, 11) is -3.89. The van der Waals surface area contributed by atoms with Crippen molar-refractivity contribution in [3.05, 3.63) is 34.3 Å². The van der Waals surface area contributed by atoms with Crippen LogP contribution in [0.3, 0.4) is 0 Å². The van der Waals surface area contributed by atoms with Crippen molar-refractivity contribution >= 4 is 26.0 Å². The number of alkyl halides is 3. The summed E-state index contributed by atoms with van der Waals surface area (Å²) in [5, 5.41) is 0. The van der Waals surface area contributed by atoms with Crippen LogP contribution in [0.2, 0.25) is 0 Å². The largest absolute Gasteiger partial charge is 0.402 e. The minimum absolute atomic E-state index is 0.400. The number of piperidine rings is 1. The van der Waals surface area contributed by atoms with Crippen LogP contribution >= 0.6 is 15.9 Å². The van der Waals surface area contributed by atoms with E-state index in [-0.39, 0.29) is 0 Å². The first-order chi connectivity index (χ1) is 11.0. The van der Waals surface area contributed by atoms with Crippen molar-refractivity contribution in [3.8, 4) is 0 Å². The van der Waals surface area contributed by atoms with Crippen molar-refractivity contribution in [2.75, 3.05) is 25.9 Å². The number of nitrogens with zero attached hydrogens (tertiary/aromatic N) is 2. The molecule has 24 heavy (non-hydrogen) atoms. The predicted octanol–water partition coefficient (Wildman–Crippen LogP) is 3.24. The van der Waals surface area contributed by atoms with Crippen LogP contribution in [0.25, 0.3) is 0 Å². The summed E-state index contributed by atoms with van der Waals surface area (Å²) in [6.45, 7) is 0.425. The van der Waals surface area contributed by atoms with E-state index >= 15 is 0 Å². The molecule has 136 valence electrons. The quantitative estimate of drug-likeness (QED) is 0.722. The SMILES string of the molecule is CS(=O)(=O)N(CC(F)(F)F)C1CCN(Cc2cccc(Br)c2)CC1. The minimum atomic E-state index is -4.53. The van der Waals surface area contributed by atoms with Gasteiger partial charge in [-0.15, -0.1) is 0 Å². The zero-order valence-electron chi connectivity index (χ0n) is 13.3. The zero-order chi connectivity index (χ0) is 18.0. The monoisotopic (exact) mass is 428 g/mol. The van der Waals surface area contributed by atoms with E-state index in [0.717, 1.165) is 16.3 Å². The molecular weight excluding hydrogens is 409 g/mol. The molecule has 1 aromatic carbocycles. The molecule has 1 heterocycles. The maximum Gasteiger partial charge on any atom is 0.402 e. The third-order valence-electron chi connectivity index (χ3n) is 4.02. The molecule has 1 saturated heterocycles. The number of sulfonamides is 1. The van der Waals surface area contributed by atoms with Gasteiger partial charge in [-0.05, 0) is 30.5 Å². The topological polar surface area (TPSA) is 40.6 Å². The molecule has 0 aliphatic carbocycles. The maximum atomic E-state index is 12.7. The fourth-order valence-electron chi connectivity index (χ4n) is 2.95. The van der Waals surface area contributed by atoms with Gasteiger partial charge in [-0.2, -0.15) is 17.5 Å². The zero-order valence-corrected chi connectivity index (χ0v) is 15.7. The van der Waals surface area contributed by atoms with Gasteiger partial charge in [0.2, 0.25) is 10.0 Å². The third-order valence-corrected chi connectivity index (χ3v) is 5.79. The van der Waals surface area contributed by atoms with E-state index in [9.17, 15) is 21.6 Å². The molecule has 1 fully saturated rings. The first kappa shape index (κ1) is 19.7. The van der Waals surface area contributed by atoms with E-state index in [1.54, 1.807) is 0 Å². The van der Waals surface area contributed by atoms with Gasteiger partial charge in [0, 0.05) is 30.1 Å². The van der Waals surface area contributed by atoms with E-state index in [1.807, 2.05) is 24.3 Å². The number of hydrogen-bond donors (Lipinski definition) is 0. The lowest BCUT2D eigenvalue weighted by atomic mass is 10.0. The van der Waals surface area contributed by atoms with Crippen LogP contribution in [0.5, 0.6) is 0 Å². The van der Waals surface area contributed by atoms with Crippen LogP contribution in [0.1, 0.15) is 18.4 Å². The molecule has 0 aromatic heterocycles. The van der Waals surface area contributed by atoms with Crippen LogP contribution in [-0.4, -0.2) is 55.7 Å². The summed E-state index contributed by atoms with van der Waals surface area (Å²) >= 11 is 3.41. The van der Waals surface area contributed by atoms with Gasteiger partial charge in [-0.1, -0.05) is 28.1 Å². The summed E-state index contributed by atoms with van der Waals surface area (Å²) in [4.78, 5) is 2.13. The maximum absolute atomic E-state index is 12.7. The Balaban J connectivity index is 1.97. The lowest BCUT2D eigenvalue weighted by Gasteiger charge is -2.37. The lowest BCUT2D eigenvalue weighted by molar-refractivity contribution is -0.140. The third kappa shape index (κ3) is 6.02. The molecule has 0 amide bonds. The Bertz CT molecular complexity index is 659. The minimum Gasteiger partial charge on any atom is -0.299 e. The summed E-state index contributed by atoms with van der Waals surface area (Å²) in [5.74, 6) is 0. The van der Waals surface area contributed by atoms with Gasteiger partial charge >= 0.3 is 6.18 Å². The molecular formula is C15H20BrF3N2O2S. The van der Waals surface area contributed by atoms with Gasteiger partial charge in [0.1, 0.15) is 6.54 Å². The van der Waals surface area contributed by atoms with Gasteiger partial charge < -0.3 is 0 Å². The molecule has 0 bridgehead atoms. The molecule has 1 aliphatic heterocycles. The van der Waals surface area contributed by atoms with Crippen molar-refractivity contribution in [2.45, 2.75) is 31.6 Å². The Morgan fingerprint density at radius 3 is 2.42 bits per heavy atom. The standard InChI is InChI=1S/C15H20BrF3N2O2S/c1-24(22,23)21(11-15(17,18)19)14-5-7-20(8-6-14)10-12-3-2-4-13(16)9-12/h2-4,9,14H,5-8,10-11H2,1H3. The molecule has 0 spiro atoms. The van der Waals surface area contributed by atoms with Crippen molar-refractivity contribution in [2.24, 2.45) is 0 Å². The van der Waals surface area contributed by atoms with E-state index in [4.69, 9.17) is 0 Å². The van der Waals surface area contributed by atoms with E-state index in [1.165, 1.54) is 0 Å². The highest BCUT2D eigenvalue weighted by Crippen LogP contribution is 2.25. The highest BCUT2D eigenvalue weighted by Gasteiger charge is 2.39. The van der Waals surface area contributed by atoms with Gasteiger partial charge in [0.05, 0.1) is 6.26 Å². The van der Waals surface area contributed by atoms with Crippen LogP contribution in [0.4, 0.5) is 13.2 Å². The van der Waals surface area contributed by atoms with Gasteiger partial charge in [-0.25, -0.2) is 8.42 Å². The van der Waals surface area contributed by atoms with Gasteiger partial charge in [-0.3, -0.25) is 4.90 Å². The molecule has 0 radical (unpaired) electrons. The fraction of sp³-hybridized carbons (Fsp3) is 0.600. The molecule has 0 atom stereocenters. The van der Waals surface area contributed by atoms with Crippen LogP contribution in [0, 0.1) is 0 Å². The Labute approximate surface area is 148 Å². The molecule has 1 aliphatic rings. The molecule has 1 aromatic rings. The fourth-order valence-corrected chi connectivity index (χ4v) is 4.53. The number of halogens is 4. The van der Waals surface area contributed by atoms with Gasteiger partial charge in [0.15, 0.2) is 0 Å². The Kier molecular flexibility index (Phi) is 6.33. The first-order valence-corrected chi connectivity index (χ1v) is 10.2. The molecule has 2 rings (SSSR count). The Morgan fingerprint density at radius 1 is 1.29 bits per heavy atom. The molecule has 0 N–H and O–H groups in total. The average molecular weight is 429 g/mol. The first-order valence-electron chi connectivity index (χ1n) is 7.55. The second-order valence-corrected chi connectivity index (χ2v) is 8.91. The van der Waals surface area contributed by atoms with E-state index in [0.29, 0.717) is 36.8 Å². The smallest absolute Gasteiger partial charge is 0.299 e. The van der Waals surface area contributed by atoms with E-state index in [2.05, 4.69) is 20.8 Å². The highest BCUT2D eigenvalue weighted by atomic mass is 79.9. The average Bonchev–Trinajstić information content (AvgIpc) is 2.44. The van der Waals surface area contributed by atoms with Crippen molar-refractivity contribution < 1.29 is 21.6 Å². The molecule has 0 unspecified atom stereocenters. The van der Waals surface area contributed by atoms with Crippen molar-refractivity contribution in [1.29, 1.82) is 0 Å². The van der Waals surface area contributed by atoms with Crippen LogP contribution in [-0.2, 0) is 16.6 Å². The van der Waals surface area contributed by atoms with Crippen LogP contribution < -0.4 is 0 Å². The lowest BCUT2D eigenvalue weighted by Crippen LogP contribution is -2.49. The number of rotatable bonds is 5. The van der Waals surface area contributed by atoms with Crippen molar-refractivity contribution in [3.63, 3.8) is 0 Å². The Morgan fingerprint density at radius 2 is 1.92 bits per heavy atom. The number of likely N-dealkylation sites (tertiary alicyclic amines) is 1.